The standard InChI is InChI=1S/C25H37N5O4Si/c1-24(2,3)35(4,5)34-19(14-26)22-28-27-21(33-22)18-13-25(11-12-25)20-15-29(18)23(31)30(20)32-16-17-9-7-6-8-10-17/h6-10,18-20H,11-16,26H2,1-5H3/t18-,19+,20+/m0/s1. The molecule has 190 valence electrons. The number of benzene rings is 1. The smallest absolute Gasteiger partial charge is 0.345 e. The van der Waals surface area contributed by atoms with Crippen LogP contribution in [0.1, 0.15) is 69.5 Å². The highest BCUT2D eigenvalue weighted by Crippen LogP contribution is 2.61. The number of carbonyl (C=O) groups is 1. The van der Waals surface area contributed by atoms with Crippen molar-refractivity contribution in [3.63, 3.8) is 0 Å². The van der Waals surface area contributed by atoms with E-state index >= 15 is 0 Å². The van der Waals surface area contributed by atoms with E-state index < -0.39 is 14.4 Å². The van der Waals surface area contributed by atoms with Gasteiger partial charge in [-0.3, -0.25) is 4.84 Å². The maximum absolute atomic E-state index is 13.4. The molecule has 2 amide bonds. The Morgan fingerprint density at radius 3 is 2.57 bits per heavy atom. The summed E-state index contributed by atoms with van der Waals surface area (Å²) < 4.78 is 12.6. The largest absolute Gasteiger partial charge is 0.420 e. The maximum atomic E-state index is 13.4. The third-order valence-electron chi connectivity index (χ3n) is 8.35. The molecular formula is C25H37N5O4Si. The fourth-order valence-electron chi connectivity index (χ4n) is 4.96. The predicted octanol–water partition coefficient (Wildman–Crippen LogP) is 4.55. The molecule has 35 heavy (non-hydrogen) atoms. The van der Waals surface area contributed by atoms with E-state index in [0.29, 0.717) is 24.9 Å². The molecule has 9 nitrogen and oxygen atoms in total. The van der Waals surface area contributed by atoms with Crippen molar-refractivity contribution < 1.29 is 18.5 Å². The summed E-state index contributed by atoms with van der Waals surface area (Å²) in [4.78, 5) is 21.3. The number of amides is 2. The van der Waals surface area contributed by atoms with Crippen LogP contribution in [0, 0.1) is 5.41 Å². The summed E-state index contributed by atoms with van der Waals surface area (Å²) in [5.74, 6) is 0.850. The molecular weight excluding hydrogens is 462 g/mol. The summed E-state index contributed by atoms with van der Waals surface area (Å²) in [7, 11) is -2.08. The number of hydroxylamine groups is 2. The van der Waals surface area contributed by atoms with Crippen molar-refractivity contribution in [2.24, 2.45) is 11.1 Å². The number of rotatable bonds is 8. The molecule has 2 saturated heterocycles. The molecule has 2 N–H and O–H groups in total. The van der Waals surface area contributed by atoms with Crippen LogP contribution in [0.25, 0.3) is 0 Å². The van der Waals surface area contributed by atoms with E-state index in [4.69, 9.17) is 19.4 Å². The third kappa shape index (κ3) is 4.41. The monoisotopic (exact) mass is 499 g/mol. The molecule has 5 rings (SSSR count). The van der Waals surface area contributed by atoms with Crippen LogP contribution in [-0.4, -0.2) is 53.6 Å². The Kier molecular flexibility index (Phi) is 6.06. The molecule has 3 aliphatic rings. The Morgan fingerprint density at radius 2 is 1.94 bits per heavy atom. The van der Waals surface area contributed by atoms with Crippen molar-refractivity contribution >= 4 is 14.3 Å². The van der Waals surface area contributed by atoms with Gasteiger partial charge in [0.2, 0.25) is 11.8 Å². The highest BCUT2D eigenvalue weighted by molar-refractivity contribution is 6.74. The van der Waals surface area contributed by atoms with Crippen molar-refractivity contribution in [2.45, 2.75) is 83.0 Å². The molecule has 1 aromatic carbocycles. The van der Waals surface area contributed by atoms with Gasteiger partial charge in [-0.05, 0) is 48.4 Å². The van der Waals surface area contributed by atoms with E-state index in [2.05, 4.69) is 44.1 Å². The van der Waals surface area contributed by atoms with Crippen molar-refractivity contribution in [1.29, 1.82) is 0 Å². The van der Waals surface area contributed by atoms with Gasteiger partial charge in [-0.25, -0.2) is 4.79 Å². The van der Waals surface area contributed by atoms with Crippen LogP contribution < -0.4 is 5.73 Å². The number of urea groups is 1. The van der Waals surface area contributed by atoms with Gasteiger partial charge in [0.15, 0.2) is 8.32 Å². The first-order chi connectivity index (χ1) is 16.5. The van der Waals surface area contributed by atoms with Crippen molar-refractivity contribution in [3.8, 4) is 0 Å². The second kappa shape index (κ2) is 8.69. The van der Waals surface area contributed by atoms with Gasteiger partial charge >= 0.3 is 6.03 Å². The first-order valence-electron chi connectivity index (χ1n) is 12.5. The van der Waals surface area contributed by atoms with E-state index in [1.165, 1.54) is 0 Å². The van der Waals surface area contributed by atoms with Gasteiger partial charge in [0.05, 0.1) is 6.04 Å². The Morgan fingerprint density at radius 1 is 1.23 bits per heavy atom. The average molecular weight is 500 g/mol. The highest BCUT2D eigenvalue weighted by Gasteiger charge is 2.64. The van der Waals surface area contributed by atoms with Crippen LogP contribution in [0.5, 0.6) is 0 Å². The van der Waals surface area contributed by atoms with Crippen LogP contribution in [0.3, 0.4) is 0 Å². The lowest BCUT2D eigenvalue weighted by molar-refractivity contribution is -0.153. The number of fused-ring (bicyclic) bond motifs is 3. The van der Waals surface area contributed by atoms with Crippen LogP contribution in [0.2, 0.25) is 18.1 Å². The number of nitrogens with zero attached hydrogens (tertiary/aromatic N) is 4. The minimum Gasteiger partial charge on any atom is -0.420 e. The molecule has 2 bridgehead atoms. The Labute approximate surface area is 208 Å². The first kappa shape index (κ1) is 24.4. The molecule has 10 heteroatoms. The minimum absolute atomic E-state index is 0.0329. The first-order valence-corrected chi connectivity index (χ1v) is 15.4. The van der Waals surface area contributed by atoms with E-state index in [-0.39, 0.29) is 35.1 Å². The number of aromatic nitrogens is 2. The zero-order valence-electron chi connectivity index (χ0n) is 21.4. The number of nitrogens with two attached hydrogens (primary N) is 1. The number of hydrogen-bond donors (Lipinski definition) is 1. The Hall–Kier alpha value is -2.27. The molecule has 1 aromatic heterocycles. The van der Waals surface area contributed by atoms with E-state index in [9.17, 15) is 4.79 Å². The topological polar surface area (TPSA) is 107 Å². The quantitative estimate of drug-likeness (QED) is 0.531. The second-order valence-corrected chi connectivity index (χ2v) is 16.5. The highest BCUT2D eigenvalue weighted by atomic mass is 28.4. The molecule has 2 aliphatic heterocycles. The van der Waals surface area contributed by atoms with Crippen LogP contribution in [0.4, 0.5) is 4.79 Å². The molecule has 1 spiro atoms. The van der Waals surface area contributed by atoms with E-state index in [1.807, 2.05) is 35.2 Å². The van der Waals surface area contributed by atoms with Gasteiger partial charge < -0.3 is 19.5 Å². The molecule has 2 aromatic rings. The van der Waals surface area contributed by atoms with Gasteiger partial charge in [0.1, 0.15) is 18.8 Å². The zero-order chi connectivity index (χ0) is 25.0. The molecule has 0 radical (unpaired) electrons. The molecule has 1 saturated carbocycles. The van der Waals surface area contributed by atoms with Crippen LogP contribution in [0.15, 0.2) is 34.7 Å². The lowest BCUT2D eigenvalue weighted by Crippen LogP contribution is -2.43. The lowest BCUT2D eigenvalue weighted by Gasteiger charge is -2.38. The lowest BCUT2D eigenvalue weighted by atomic mass is 9.85. The van der Waals surface area contributed by atoms with Crippen molar-refractivity contribution in [3.05, 3.63) is 47.7 Å². The van der Waals surface area contributed by atoms with Crippen molar-refractivity contribution in [1.82, 2.24) is 20.2 Å². The summed E-state index contributed by atoms with van der Waals surface area (Å²) in [6, 6.07) is 9.58. The average Bonchev–Trinajstić information content (AvgIpc) is 3.29. The molecule has 3 atom stereocenters. The number of hydrogen-bond acceptors (Lipinski definition) is 7. The van der Waals surface area contributed by atoms with E-state index in [0.717, 1.165) is 24.8 Å². The van der Waals surface area contributed by atoms with Crippen molar-refractivity contribution in [2.75, 3.05) is 13.1 Å². The fraction of sp³-hybridized carbons (Fsp3) is 0.640. The Balaban J connectivity index is 1.33. The molecule has 1 aliphatic carbocycles. The van der Waals surface area contributed by atoms with E-state index in [1.54, 1.807) is 5.06 Å². The Bertz CT molecular complexity index is 1070. The summed E-state index contributed by atoms with van der Waals surface area (Å²) in [6.45, 7) is 12.1. The van der Waals surface area contributed by atoms with Gasteiger partial charge in [-0.15, -0.1) is 10.2 Å². The number of piperidine rings is 1. The molecule has 3 fully saturated rings. The SMILES string of the molecule is CC(C)(C)[Si](C)(C)O[C@H](CN)c1nnc([C@@H]2CC3(CC3)[C@H]3CN2C(=O)N3OCc2ccccc2)o1. The minimum atomic E-state index is -2.08. The summed E-state index contributed by atoms with van der Waals surface area (Å²) >= 11 is 0. The van der Waals surface area contributed by atoms with Gasteiger partial charge in [-0.2, -0.15) is 5.06 Å². The van der Waals surface area contributed by atoms with Gasteiger partial charge in [-0.1, -0.05) is 51.1 Å². The summed E-state index contributed by atoms with van der Waals surface area (Å²) in [5.41, 5.74) is 7.14. The van der Waals surface area contributed by atoms with Gasteiger partial charge in [0, 0.05) is 13.1 Å². The van der Waals surface area contributed by atoms with Crippen LogP contribution >= 0.6 is 0 Å². The third-order valence-corrected chi connectivity index (χ3v) is 12.8. The maximum Gasteiger partial charge on any atom is 0.345 e. The van der Waals surface area contributed by atoms with Crippen LogP contribution in [-0.2, 0) is 15.9 Å². The fourth-order valence-corrected chi connectivity index (χ4v) is 6.22. The molecule has 3 heterocycles. The van der Waals surface area contributed by atoms with Gasteiger partial charge in [0.25, 0.3) is 0 Å². The molecule has 0 unspecified atom stereocenters. The summed E-state index contributed by atoms with van der Waals surface area (Å²) in [5, 5.41) is 10.3. The zero-order valence-corrected chi connectivity index (χ0v) is 22.4. The predicted molar refractivity (Wildman–Crippen MR) is 132 cm³/mol. The normalized spacial score (nSPS) is 24.3. The number of carbonyl (C=O) groups excluding carboxylic acids is 1. The summed E-state index contributed by atoms with van der Waals surface area (Å²) in [6.07, 6.45) is 2.48. The second-order valence-electron chi connectivity index (χ2n) is 11.7.